The smallest absolute Gasteiger partial charge is 0.152 e. The third-order valence-corrected chi connectivity index (χ3v) is 2.38. The van der Waals surface area contributed by atoms with Gasteiger partial charge in [-0.15, -0.1) is 0 Å². The predicted molar refractivity (Wildman–Crippen MR) is 44.9 cm³/mol. The molecule has 0 unspecified atom stereocenters. The first-order chi connectivity index (χ1) is 5.86. The van der Waals surface area contributed by atoms with Crippen LogP contribution in [-0.2, 0) is 0 Å². The van der Waals surface area contributed by atoms with E-state index in [2.05, 4.69) is 9.97 Å². The Morgan fingerprint density at radius 2 is 1.75 bits per heavy atom. The molecule has 1 saturated carbocycles. The van der Waals surface area contributed by atoms with Crippen molar-refractivity contribution in [3.8, 4) is 5.75 Å². The molecule has 0 aliphatic heterocycles. The first-order valence-electron chi connectivity index (χ1n) is 4.37. The van der Waals surface area contributed by atoms with Crippen molar-refractivity contribution >= 4 is 0 Å². The lowest BCUT2D eigenvalue weighted by atomic mass is 10.1. The van der Waals surface area contributed by atoms with Gasteiger partial charge in [0.05, 0.1) is 12.4 Å². The van der Waals surface area contributed by atoms with E-state index in [0.717, 1.165) is 5.82 Å². The first-order valence-corrected chi connectivity index (χ1v) is 4.37. The lowest BCUT2D eigenvalue weighted by molar-refractivity contribution is 0.466. The largest absolute Gasteiger partial charge is 0.505 e. The maximum absolute atomic E-state index is 8.97. The van der Waals surface area contributed by atoms with Crippen LogP contribution >= 0.6 is 0 Å². The number of aromatic hydroxyl groups is 1. The highest BCUT2D eigenvalue weighted by Gasteiger charge is 2.18. The van der Waals surface area contributed by atoms with Crippen molar-refractivity contribution in [2.75, 3.05) is 0 Å². The minimum Gasteiger partial charge on any atom is -0.505 e. The van der Waals surface area contributed by atoms with Crippen LogP contribution in [0, 0.1) is 0 Å². The van der Waals surface area contributed by atoms with Gasteiger partial charge in [-0.25, -0.2) is 9.97 Å². The molecular weight excluding hydrogens is 152 g/mol. The molecule has 2 rings (SSSR count). The molecule has 0 amide bonds. The molecule has 1 N–H and O–H groups in total. The molecule has 64 valence electrons. The summed E-state index contributed by atoms with van der Waals surface area (Å²) in [7, 11) is 0. The number of nitrogens with zero attached hydrogens (tertiary/aromatic N) is 2. The van der Waals surface area contributed by atoms with Crippen LogP contribution in [0.2, 0.25) is 0 Å². The zero-order chi connectivity index (χ0) is 8.39. The fourth-order valence-corrected chi connectivity index (χ4v) is 1.73. The molecule has 0 saturated heterocycles. The van der Waals surface area contributed by atoms with Crippen LogP contribution in [0.1, 0.15) is 37.4 Å². The van der Waals surface area contributed by atoms with E-state index in [1.165, 1.54) is 38.1 Å². The fourth-order valence-electron chi connectivity index (χ4n) is 1.73. The minimum absolute atomic E-state index is 0.150. The summed E-state index contributed by atoms with van der Waals surface area (Å²) in [5.41, 5.74) is 0. The van der Waals surface area contributed by atoms with E-state index in [-0.39, 0.29) is 5.75 Å². The van der Waals surface area contributed by atoms with Gasteiger partial charge in [-0.05, 0) is 12.8 Å². The van der Waals surface area contributed by atoms with Crippen molar-refractivity contribution in [1.82, 2.24) is 9.97 Å². The summed E-state index contributed by atoms with van der Waals surface area (Å²) in [6.45, 7) is 0. The highest BCUT2D eigenvalue weighted by atomic mass is 16.3. The van der Waals surface area contributed by atoms with E-state index in [1.807, 2.05) is 0 Å². The monoisotopic (exact) mass is 164 g/mol. The standard InChI is InChI=1S/C9H12N2O/c12-8-5-10-9(11-6-8)7-3-1-2-4-7/h5-7,12H,1-4H2. The average Bonchev–Trinajstić information content (AvgIpc) is 2.58. The molecule has 1 heterocycles. The molecule has 1 aliphatic rings. The Bertz CT molecular complexity index is 252. The summed E-state index contributed by atoms with van der Waals surface area (Å²) >= 11 is 0. The molecule has 1 fully saturated rings. The van der Waals surface area contributed by atoms with Crippen molar-refractivity contribution in [2.24, 2.45) is 0 Å². The Morgan fingerprint density at radius 1 is 1.17 bits per heavy atom. The molecule has 1 aromatic heterocycles. The Hall–Kier alpha value is -1.12. The van der Waals surface area contributed by atoms with Crippen LogP contribution in [-0.4, -0.2) is 15.1 Å². The molecule has 0 aromatic carbocycles. The molecule has 1 aromatic rings. The van der Waals surface area contributed by atoms with Crippen LogP contribution in [0.15, 0.2) is 12.4 Å². The second-order valence-corrected chi connectivity index (χ2v) is 3.28. The molecule has 3 heteroatoms. The number of hydrogen-bond donors (Lipinski definition) is 1. The highest BCUT2D eigenvalue weighted by Crippen LogP contribution is 2.31. The van der Waals surface area contributed by atoms with E-state index in [1.54, 1.807) is 0 Å². The lowest BCUT2D eigenvalue weighted by Gasteiger charge is -2.05. The average molecular weight is 164 g/mol. The normalized spacial score (nSPS) is 18.3. The van der Waals surface area contributed by atoms with Gasteiger partial charge in [0.2, 0.25) is 0 Å². The Kier molecular flexibility index (Phi) is 1.94. The minimum atomic E-state index is 0.150. The van der Waals surface area contributed by atoms with Crippen LogP contribution in [0.25, 0.3) is 0 Å². The third kappa shape index (κ3) is 1.40. The first kappa shape index (κ1) is 7.53. The molecular formula is C9H12N2O. The van der Waals surface area contributed by atoms with Crippen molar-refractivity contribution < 1.29 is 5.11 Å². The molecule has 12 heavy (non-hydrogen) atoms. The van der Waals surface area contributed by atoms with Crippen LogP contribution in [0.4, 0.5) is 0 Å². The summed E-state index contributed by atoms with van der Waals surface area (Å²) in [6, 6.07) is 0. The Balaban J connectivity index is 2.17. The summed E-state index contributed by atoms with van der Waals surface area (Å²) in [6.07, 6.45) is 7.92. The Labute approximate surface area is 71.5 Å². The van der Waals surface area contributed by atoms with E-state index >= 15 is 0 Å². The van der Waals surface area contributed by atoms with Gasteiger partial charge in [0, 0.05) is 5.92 Å². The molecule has 0 bridgehead atoms. The van der Waals surface area contributed by atoms with Crippen molar-refractivity contribution in [2.45, 2.75) is 31.6 Å². The van der Waals surface area contributed by atoms with Gasteiger partial charge in [0.25, 0.3) is 0 Å². The van der Waals surface area contributed by atoms with Crippen molar-refractivity contribution in [1.29, 1.82) is 0 Å². The van der Waals surface area contributed by atoms with Gasteiger partial charge in [-0.3, -0.25) is 0 Å². The summed E-state index contributed by atoms with van der Waals surface area (Å²) in [5, 5.41) is 8.97. The molecule has 0 radical (unpaired) electrons. The van der Waals surface area contributed by atoms with E-state index in [9.17, 15) is 0 Å². The highest BCUT2D eigenvalue weighted by molar-refractivity contribution is 5.11. The van der Waals surface area contributed by atoms with Gasteiger partial charge in [-0.2, -0.15) is 0 Å². The predicted octanol–water partition coefficient (Wildman–Crippen LogP) is 1.84. The Morgan fingerprint density at radius 3 is 2.33 bits per heavy atom. The van der Waals surface area contributed by atoms with E-state index in [0.29, 0.717) is 5.92 Å². The molecule has 0 atom stereocenters. The van der Waals surface area contributed by atoms with Gasteiger partial charge < -0.3 is 5.11 Å². The fraction of sp³-hybridized carbons (Fsp3) is 0.556. The summed E-state index contributed by atoms with van der Waals surface area (Å²) in [5.74, 6) is 1.58. The zero-order valence-electron chi connectivity index (χ0n) is 6.90. The number of rotatable bonds is 1. The van der Waals surface area contributed by atoms with Crippen molar-refractivity contribution in [3.05, 3.63) is 18.2 Å². The second kappa shape index (κ2) is 3.09. The maximum Gasteiger partial charge on any atom is 0.152 e. The number of hydrogen-bond acceptors (Lipinski definition) is 3. The lowest BCUT2D eigenvalue weighted by Crippen LogP contribution is -1.98. The van der Waals surface area contributed by atoms with Gasteiger partial charge in [0.1, 0.15) is 5.82 Å². The number of aromatic nitrogens is 2. The van der Waals surface area contributed by atoms with Crippen LogP contribution in [0.5, 0.6) is 5.75 Å². The van der Waals surface area contributed by atoms with E-state index in [4.69, 9.17) is 5.11 Å². The van der Waals surface area contributed by atoms with Gasteiger partial charge in [-0.1, -0.05) is 12.8 Å². The van der Waals surface area contributed by atoms with Crippen LogP contribution < -0.4 is 0 Å². The van der Waals surface area contributed by atoms with E-state index < -0.39 is 0 Å². The zero-order valence-corrected chi connectivity index (χ0v) is 6.90. The quantitative estimate of drug-likeness (QED) is 0.688. The molecule has 3 nitrogen and oxygen atoms in total. The summed E-state index contributed by atoms with van der Waals surface area (Å²) in [4.78, 5) is 8.20. The second-order valence-electron chi connectivity index (χ2n) is 3.28. The molecule has 1 aliphatic carbocycles. The van der Waals surface area contributed by atoms with Gasteiger partial charge >= 0.3 is 0 Å². The topological polar surface area (TPSA) is 46.0 Å². The van der Waals surface area contributed by atoms with Gasteiger partial charge in [0.15, 0.2) is 5.75 Å². The molecule has 0 spiro atoms. The van der Waals surface area contributed by atoms with Crippen LogP contribution in [0.3, 0.4) is 0 Å². The SMILES string of the molecule is Oc1cnc(C2CCCC2)nc1. The third-order valence-electron chi connectivity index (χ3n) is 2.38. The van der Waals surface area contributed by atoms with Crippen molar-refractivity contribution in [3.63, 3.8) is 0 Å². The maximum atomic E-state index is 8.97. The summed E-state index contributed by atoms with van der Waals surface area (Å²) < 4.78 is 0.